The first kappa shape index (κ1) is 52.4. The number of rotatable bonds is 8. The summed E-state index contributed by atoms with van der Waals surface area (Å²) in [7, 11) is 0. The van der Waals surface area contributed by atoms with Crippen LogP contribution in [-0.2, 0) is 0 Å². The van der Waals surface area contributed by atoms with Crippen LogP contribution in [0.2, 0.25) is 0 Å². The monoisotopic (exact) mass is 806 g/mol. The molecule has 0 aliphatic carbocycles. The van der Waals surface area contributed by atoms with Gasteiger partial charge in [-0.3, -0.25) is 9.97 Å². The van der Waals surface area contributed by atoms with Gasteiger partial charge in [0.2, 0.25) is 11.4 Å². The Hall–Kier alpha value is -6.98. The molecule has 21 nitrogen and oxygen atoms in total. The van der Waals surface area contributed by atoms with Crippen LogP contribution in [0.15, 0.2) is 97.6 Å². The van der Waals surface area contributed by atoms with E-state index in [1.54, 1.807) is 72.8 Å². The number of carbonyl (C=O) groups is 4. The van der Waals surface area contributed by atoms with Gasteiger partial charge in [-0.25, -0.2) is 39.1 Å². The Morgan fingerprint density at radius 3 is 0.909 bits per heavy atom. The standard InChI is InChI=1S/2C16H10N4O4.2ClH.5H2O/c2*21-15(22)13-14(16(23)24)20-12(10-6-2-4-8-18-10)11(19-13)9-5-1-3-7-17-9;;;;;;;/h2*1-8H,(H,21,22)(H,23,24);2*1H;5*1H2. The molecule has 0 fully saturated rings. The summed E-state index contributed by atoms with van der Waals surface area (Å²) >= 11 is 0. The molecule has 6 rings (SSSR count). The maximum Gasteiger partial charge on any atom is 0.403 e. The molecule has 0 amide bonds. The lowest BCUT2D eigenvalue weighted by Crippen LogP contribution is -3.00. The van der Waals surface area contributed by atoms with E-state index in [4.69, 9.17) is 0 Å². The molecule has 0 saturated heterocycles. The zero-order valence-corrected chi connectivity index (χ0v) is 29.1. The first-order valence-corrected chi connectivity index (χ1v) is 13.7. The number of halogens is 2. The number of aromatic carboxylic acids is 4. The predicted molar refractivity (Wildman–Crippen MR) is 180 cm³/mol. The van der Waals surface area contributed by atoms with E-state index in [1.165, 1.54) is 24.8 Å². The van der Waals surface area contributed by atoms with Crippen molar-refractivity contribution in [2.75, 3.05) is 0 Å². The molecule has 0 aliphatic heterocycles. The van der Waals surface area contributed by atoms with E-state index >= 15 is 0 Å². The predicted octanol–water partition coefficient (Wildman–Crippen LogP) is -7.28. The number of carboxylic acids is 4. The van der Waals surface area contributed by atoms with Crippen LogP contribution in [-0.4, -0.2) is 102 Å². The van der Waals surface area contributed by atoms with Crippen LogP contribution in [0.5, 0.6) is 0 Å². The third-order valence-electron chi connectivity index (χ3n) is 6.38. The first-order chi connectivity index (χ1) is 23.2. The summed E-state index contributed by atoms with van der Waals surface area (Å²) in [6.07, 6.45) is 6.14. The molecular weight excluding hydrogens is 775 g/mol. The Morgan fingerprint density at radius 2 is 0.691 bits per heavy atom. The van der Waals surface area contributed by atoms with Gasteiger partial charge in [0.15, 0.2) is 11.4 Å². The molecule has 0 aliphatic rings. The van der Waals surface area contributed by atoms with E-state index in [2.05, 4.69) is 39.9 Å². The highest BCUT2D eigenvalue weighted by Gasteiger charge is 2.33. The lowest BCUT2D eigenvalue weighted by molar-refractivity contribution is -0.371. The van der Waals surface area contributed by atoms with E-state index in [9.17, 15) is 39.6 Å². The van der Waals surface area contributed by atoms with Gasteiger partial charge >= 0.3 is 35.3 Å². The van der Waals surface area contributed by atoms with Crippen molar-refractivity contribution in [1.29, 1.82) is 0 Å². The number of pyridine rings is 4. The molecule has 0 atom stereocenters. The summed E-state index contributed by atoms with van der Waals surface area (Å²) in [6.45, 7) is 0. The van der Waals surface area contributed by atoms with E-state index in [0.717, 1.165) is 0 Å². The molecule has 0 radical (unpaired) electrons. The van der Waals surface area contributed by atoms with Gasteiger partial charge in [-0.2, -0.15) is 9.97 Å². The Bertz CT molecular complexity index is 1850. The van der Waals surface area contributed by atoms with Gasteiger partial charge in [-0.15, -0.1) is 0 Å². The third-order valence-corrected chi connectivity index (χ3v) is 6.38. The van der Waals surface area contributed by atoms with E-state index in [1.807, 2.05) is 0 Å². The molecule has 0 aromatic carbocycles. The Kier molecular flexibility index (Phi) is 22.4. The lowest BCUT2D eigenvalue weighted by atomic mass is 10.1. The summed E-state index contributed by atoms with van der Waals surface area (Å²) in [5.41, 5.74) is 0.357. The zero-order valence-electron chi connectivity index (χ0n) is 27.6. The topological polar surface area (TPSA) is 412 Å². The van der Waals surface area contributed by atoms with Crippen LogP contribution in [0.1, 0.15) is 42.0 Å². The number of nitrogens with zero attached hydrogens (tertiary/aromatic N) is 6. The summed E-state index contributed by atoms with van der Waals surface area (Å²) < 4.78 is 0. The molecule has 292 valence electrons. The van der Waals surface area contributed by atoms with Crippen LogP contribution >= 0.6 is 0 Å². The Morgan fingerprint density at radius 1 is 0.418 bits per heavy atom. The molecule has 23 heteroatoms. The normalized spacial score (nSPS) is 9.02. The largest absolute Gasteiger partial charge is 1.00 e. The molecular formula is C32H32Cl2N8O13. The molecule has 6 aromatic heterocycles. The summed E-state index contributed by atoms with van der Waals surface area (Å²) in [5, 5.41) is 37.1. The molecule has 0 unspecified atom stereocenters. The van der Waals surface area contributed by atoms with Crippen molar-refractivity contribution >= 4 is 23.9 Å². The van der Waals surface area contributed by atoms with Crippen molar-refractivity contribution in [3.63, 3.8) is 0 Å². The minimum atomic E-state index is -1.45. The Labute approximate surface area is 320 Å². The minimum Gasteiger partial charge on any atom is -1.00 e. The van der Waals surface area contributed by atoms with Gasteiger partial charge in [-0.05, 0) is 48.5 Å². The number of hydrogen-bond acceptors (Lipinski definition) is 10. The molecule has 0 spiro atoms. The molecule has 55 heavy (non-hydrogen) atoms. The maximum absolute atomic E-state index is 11.4. The maximum atomic E-state index is 11.4. The number of aromatic nitrogens is 8. The minimum absolute atomic E-state index is 0. The van der Waals surface area contributed by atoms with Gasteiger partial charge < -0.3 is 72.6 Å². The molecule has 0 saturated carbocycles. The Balaban J connectivity index is -0.000000872. The number of aromatic amines is 2. The van der Waals surface area contributed by atoms with Crippen LogP contribution in [0, 0.1) is 0 Å². The molecule has 16 N–H and O–H groups in total. The molecule has 6 aromatic rings. The average molecular weight is 808 g/mol. The smallest absolute Gasteiger partial charge is 0.403 e. The SMILES string of the molecule is O.O.O.O.O.O=C(O)c1nc(-c2ccccn2)c(-c2ccccn2)[nH+]c1C(=O)O.O=C(O)c1nc(-c2ccccn2)c(-c2ccccn2)[nH+]c1C(=O)O.[Cl-].[Cl-]. The number of nitrogens with one attached hydrogen (secondary N) is 2. The van der Waals surface area contributed by atoms with Gasteiger partial charge in [0, 0.05) is 24.8 Å². The van der Waals surface area contributed by atoms with E-state index in [0.29, 0.717) is 22.8 Å². The average Bonchev–Trinajstić information content (AvgIpc) is 3.12. The highest BCUT2D eigenvalue weighted by atomic mass is 35.5. The van der Waals surface area contributed by atoms with Gasteiger partial charge in [0.1, 0.15) is 11.4 Å². The van der Waals surface area contributed by atoms with E-state index in [-0.39, 0.29) is 75.0 Å². The first-order valence-electron chi connectivity index (χ1n) is 13.7. The van der Waals surface area contributed by atoms with Crippen molar-refractivity contribution in [2.45, 2.75) is 0 Å². The second kappa shape index (κ2) is 23.6. The van der Waals surface area contributed by atoms with Gasteiger partial charge in [-0.1, -0.05) is 24.3 Å². The van der Waals surface area contributed by atoms with Gasteiger partial charge in [0.25, 0.3) is 11.4 Å². The molecule has 6 heterocycles. The van der Waals surface area contributed by atoms with Crippen LogP contribution in [0.3, 0.4) is 0 Å². The van der Waals surface area contributed by atoms with E-state index < -0.39 is 46.7 Å². The quantitative estimate of drug-likeness (QED) is 0.111. The summed E-state index contributed by atoms with van der Waals surface area (Å²) in [5.74, 6) is -5.75. The van der Waals surface area contributed by atoms with Crippen molar-refractivity contribution in [1.82, 2.24) is 29.9 Å². The van der Waals surface area contributed by atoms with Crippen molar-refractivity contribution in [3.05, 3.63) is 120 Å². The second-order valence-corrected chi connectivity index (χ2v) is 9.45. The van der Waals surface area contributed by atoms with Crippen molar-refractivity contribution in [3.8, 4) is 45.6 Å². The van der Waals surface area contributed by atoms with Crippen LogP contribution < -0.4 is 34.8 Å². The summed E-state index contributed by atoms with van der Waals surface area (Å²) in [4.78, 5) is 75.5. The second-order valence-electron chi connectivity index (χ2n) is 9.45. The number of carboxylic acid groups (broad SMARTS) is 4. The highest BCUT2D eigenvalue weighted by molar-refractivity contribution is 5.99. The summed E-state index contributed by atoms with van der Waals surface area (Å²) in [6, 6.07) is 20.3. The van der Waals surface area contributed by atoms with Crippen molar-refractivity contribution in [2.24, 2.45) is 0 Å². The van der Waals surface area contributed by atoms with Crippen molar-refractivity contribution < 1.29 is 102 Å². The number of H-pyrrole nitrogens is 2. The third kappa shape index (κ3) is 12.0. The highest BCUT2D eigenvalue weighted by Crippen LogP contribution is 2.26. The fourth-order valence-electron chi connectivity index (χ4n) is 4.32. The fraction of sp³-hybridized carbons (Fsp3) is 0. The van der Waals surface area contributed by atoms with Gasteiger partial charge in [0.05, 0.1) is 11.4 Å². The van der Waals surface area contributed by atoms with Crippen LogP contribution in [0.4, 0.5) is 0 Å². The number of hydrogen-bond donors (Lipinski definition) is 4. The van der Waals surface area contributed by atoms with Crippen LogP contribution in [0.25, 0.3) is 45.6 Å². The zero-order chi connectivity index (χ0) is 34.2. The fourth-order valence-corrected chi connectivity index (χ4v) is 4.32. The molecule has 0 bridgehead atoms. The lowest BCUT2D eigenvalue weighted by Gasteiger charge is -2.05.